The Bertz CT molecular complexity index is 1090. The molecule has 2 N–H and O–H groups in total. The molecule has 2 aromatic heterocycles. The van der Waals surface area contributed by atoms with E-state index in [4.69, 9.17) is 0 Å². The predicted octanol–water partition coefficient (Wildman–Crippen LogP) is 4.91. The third kappa shape index (κ3) is 4.02. The normalized spacial score (nSPS) is 10.8. The van der Waals surface area contributed by atoms with Crippen molar-refractivity contribution in [1.82, 2.24) is 9.97 Å². The fraction of sp³-hybridized carbons (Fsp3) is 0.136. The summed E-state index contributed by atoms with van der Waals surface area (Å²) >= 11 is 1.52. The highest BCUT2D eigenvalue weighted by atomic mass is 32.1. The van der Waals surface area contributed by atoms with Crippen molar-refractivity contribution in [2.24, 2.45) is 0 Å². The highest BCUT2D eigenvalue weighted by Gasteiger charge is 2.13. The second-order valence-electron chi connectivity index (χ2n) is 6.53. The molecule has 2 heterocycles. The first-order chi connectivity index (χ1) is 13.7. The van der Waals surface area contributed by atoms with Crippen LogP contribution in [0, 0.1) is 6.92 Å². The van der Waals surface area contributed by atoms with Crippen LogP contribution in [0.3, 0.4) is 0 Å². The molecule has 0 bridgehead atoms. The van der Waals surface area contributed by atoms with Crippen LogP contribution in [-0.2, 0) is 6.42 Å². The third-order valence-electron chi connectivity index (χ3n) is 4.46. The molecule has 1 amide bonds. The first kappa shape index (κ1) is 18.1. The molecule has 0 saturated heterocycles. The van der Waals surface area contributed by atoms with Gasteiger partial charge < -0.3 is 10.6 Å². The summed E-state index contributed by atoms with van der Waals surface area (Å²) in [5, 5.41) is 8.26. The van der Waals surface area contributed by atoms with E-state index in [0.29, 0.717) is 11.3 Å². The SMILES string of the molecule is Cc1ccc(C(=O)Nc2csc3c(NCCc4ccccc4)ncnc23)cc1. The maximum Gasteiger partial charge on any atom is 0.255 e. The quantitative estimate of drug-likeness (QED) is 0.493. The third-order valence-corrected chi connectivity index (χ3v) is 5.44. The van der Waals surface area contributed by atoms with Gasteiger partial charge in [0, 0.05) is 17.5 Å². The van der Waals surface area contributed by atoms with Crippen LogP contribution in [0.5, 0.6) is 0 Å². The summed E-state index contributed by atoms with van der Waals surface area (Å²) in [4.78, 5) is 21.3. The van der Waals surface area contributed by atoms with Crippen LogP contribution >= 0.6 is 11.3 Å². The lowest BCUT2D eigenvalue weighted by atomic mass is 10.1. The molecule has 28 heavy (non-hydrogen) atoms. The lowest BCUT2D eigenvalue weighted by Crippen LogP contribution is -2.11. The number of carbonyl (C=O) groups is 1. The van der Waals surface area contributed by atoms with E-state index in [1.165, 1.54) is 23.2 Å². The van der Waals surface area contributed by atoms with Crippen LogP contribution in [0.4, 0.5) is 11.5 Å². The molecule has 0 aliphatic heterocycles. The highest BCUT2D eigenvalue weighted by Crippen LogP contribution is 2.32. The molecule has 140 valence electrons. The van der Waals surface area contributed by atoms with E-state index in [2.05, 4.69) is 32.7 Å². The Balaban J connectivity index is 1.48. The van der Waals surface area contributed by atoms with Gasteiger partial charge in [-0.15, -0.1) is 11.3 Å². The van der Waals surface area contributed by atoms with Crippen LogP contribution in [0.25, 0.3) is 10.2 Å². The number of aromatic nitrogens is 2. The van der Waals surface area contributed by atoms with E-state index < -0.39 is 0 Å². The molecule has 6 heteroatoms. The number of amides is 1. The minimum atomic E-state index is -0.142. The van der Waals surface area contributed by atoms with Crippen molar-refractivity contribution in [3.05, 3.63) is 83.0 Å². The van der Waals surface area contributed by atoms with Gasteiger partial charge in [0.2, 0.25) is 0 Å². The van der Waals surface area contributed by atoms with Crippen LogP contribution in [0.2, 0.25) is 0 Å². The molecule has 0 radical (unpaired) electrons. The van der Waals surface area contributed by atoms with Crippen LogP contribution in [0.15, 0.2) is 66.3 Å². The van der Waals surface area contributed by atoms with Gasteiger partial charge in [-0.25, -0.2) is 9.97 Å². The number of nitrogens with zero attached hydrogens (tertiary/aromatic N) is 2. The summed E-state index contributed by atoms with van der Waals surface area (Å²) in [6.07, 6.45) is 2.44. The molecule has 0 spiro atoms. The summed E-state index contributed by atoms with van der Waals surface area (Å²) in [7, 11) is 0. The fourth-order valence-corrected chi connectivity index (χ4v) is 3.85. The number of hydrogen-bond acceptors (Lipinski definition) is 5. The van der Waals surface area contributed by atoms with Crippen molar-refractivity contribution in [2.75, 3.05) is 17.2 Å². The molecule has 4 aromatic rings. The zero-order chi connectivity index (χ0) is 19.3. The first-order valence-electron chi connectivity index (χ1n) is 9.09. The van der Waals surface area contributed by atoms with E-state index in [1.807, 2.05) is 54.8 Å². The van der Waals surface area contributed by atoms with Gasteiger partial charge in [-0.2, -0.15) is 0 Å². The second kappa shape index (κ2) is 8.19. The number of carbonyl (C=O) groups excluding carboxylic acids is 1. The lowest BCUT2D eigenvalue weighted by Gasteiger charge is -2.07. The van der Waals surface area contributed by atoms with E-state index in [9.17, 15) is 4.79 Å². The number of anilines is 2. The largest absolute Gasteiger partial charge is 0.368 e. The monoisotopic (exact) mass is 388 g/mol. The van der Waals surface area contributed by atoms with Gasteiger partial charge >= 0.3 is 0 Å². The maximum absolute atomic E-state index is 12.5. The molecule has 0 unspecified atom stereocenters. The smallest absolute Gasteiger partial charge is 0.255 e. The maximum atomic E-state index is 12.5. The number of hydrogen-bond donors (Lipinski definition) is 2. The first-order valence-corrected chi connectivity index (χ1v) is 9.97. The molecular formula is C22H20N4OS. The number of benzene rings is 2. The molecule has 0 aliphatic rings. The number of aryl methyl sites for hydroxylation is 1. The average molecular weight is 388 g/mol. The van der Waals surface area contributed by atoms with Crippen LogP contribution < -0.4 is 10.6 Å². The Hall–Kier alpha value is -3.25. The van der Waals surface area contributed by atoms with Crippen molar-refractivity contribution in [3.63, 3.8) is 0 Å². The standard InChI is InChI=1S/C22H20N4OS/c1-15-7-9-17(10-8-15)22(27)26-18-13-28-20-19(18)24-14-25-21(20)23-12-11-16-5-3-2-4-6-16/h2-10,13-14H,11-12H2,1H3,(H,26,27)(H,23,24,25). The molecule has 0 atom stereocenters. The van der Waals surface area contributed by atoms with E-state index in [-0.39, 0.29) is 5.91 Å². The van der Waals surface area contributed by atoms with Crippen molar-refractivity contribution in [1.29, 1.82) is 0 Å². The Labute approximate surface area is 167 Å². The Morgan fingerprint density at radius 3 is 2.61 bits per heavy atom. The lowest BCUT2D eigenvalue weighted by molar-refractivity contribution is 0.102. The predicted molar refractivity (Wildman–Crippen MR) is 115 cm³/mol. The topological polar surface area (TPSA) is 66.9 Å². The van der Waals surface area contributed by atoms with Gasteiger partial charge in [0.1, 0.15) is 17.7 Å². The number of rotatable bonds is 6. The summed E-state index contributed by atoms with van der Waals surface area (Å²) in [6.45, 7) is 2.77. The molecule has 5 nitrogen and oxygen atoms in total. The highest BCUT2D eigenvalue weighted by molar-refractivity contribution is 7.18. The van der Waals surface area contributed by atoms with Crippen LogP contribution in [0.1, 0.15) is 21.5 Å². The molecule has 0 fully saturated rings. The molecular weight excluding hydrogens is 368 g/mol. The summed E-state index contributed by atoms with van der Waals surface area (Å²) < 4.78 is 0.940. The summed E-state index contributed by atoms with van der Waals surface area (Å²) in [5.41, 5.74) is 4.48. The zero-order valence-electron chi connectivity index (χ0n) is 15.5. The molecule has 2 aromatic carbocycles. The van der Waals surface area contributed by atoms with Crippen molar-refractivity contribution in [3.8, 4) is 0 Å². The van der Waals surface area contributed by atoms with Crippen molar-refractivity contribution in [2.45, 2.75) is 13.3 Å². The average Bonchev–Trinajstić information content (AvgIpc) is 3.13. The fourth-order valence-electron chi connectivity index (χ4n) is 2.93. The molecule has 4 rings (SSSR count). The summed E-state index contributed by atoms with van der Waals surface area (Å²) in [6, 6.07) is 17.8. The minimum Gasteiger partial charge on any atom is -0.368 e. The molecule has 0 aliphatic carbocycles. The van der Waals surface area contributed by atoms with Crippen molar-refractivity contribution >= 4 is 39.0 Å². The Kier molecular flexibility index (Phi) is 5.30. The van der Waals surface area contributed by atoms with E-state index in [0.717, 1.165) is 34.6 Å². The number of nitrogens with one attached hydrogen (secondary N) is 2. The van der Waals surface area contributed by atoms with Gasteiger partial charge in [0.15, 0.2) is 0 Å². The number of fused-ring (bicyclic) bond motifs is 1. The number of thiophene rings is 1. The minimum absolute atomic E-state index is 0.142. The van der Waals surface area contributed by atoms with Gasteiger partial charge in [-0.05, 0) is 31.0 Å². The second-order valence-corrected chi connectivity index (χ2v) is 7.41. The zero-order valence-corrected chi connectivity index (χ0v) is 16.3. The van der Waals surface area contributed by atoms with Crippen molar-refractivity contribution < 1.29 is 4.79 Å². The Morgan fingerprint density at radius 1 is 1.04 bits per heavy atom. The van der Waals surface area contributed by atoms with Gasteiger partial charge in [0.05, 0.1) is 10.4 Å². The van der Waals surface area contributed by atoms with E-state index in [1.54, 1.807) is 0 Å². The summed E-state index contributed by atoms with van der Waals surface area (Å²) in [5.74, 6) is 0.652. The van der Waals surface area contributed by atoms with Crippen LogP contribution in [-0.4, -0.2) is 22.4 Å². The molecule has 0 saturated carbocycles. The van der Waals surface area contributed by atoms with E-state index >= 15 is 0 Å². The van der Waals surface area contributed by atoms with Gasteiger partial charge in [-0.3, -0.25) is 4.79 Å². The Morgan fingerprint density at radius 2 is 1.82 bits per heavy atom. The van der Waals surface area contributed by atoms with Gasteiger partial charge in [0.25, 0.3) is 5.91 Å². The van der Waals surface area contributed by atoms with Gasteiger partial charge in [-0.1, -0.05) is 48.0 Å².